The summed E-state index contributed by atoms with van der Waals surface area (Å²) < 4.78 is 0. The summed E-state index contributed by atoms with van der Waals surface area (Å²) in [5.41, 5.74) is 5.53. The van der Waals surface area contributed by atoms with Crippen LogP contribution < -0.4 is 10.6 Å². The van der Waals surface area contributed by atoms with Crippen LogP contribution in [0.5, 0.6) is 0 Å². The Morgan fingerprint density at radius 3 is 2.87 bits per heavy atom. The molecule has 0 aliphatic carbocycles. The van der Waals surface area contributed by atoms with Crippen LogP contribution in [-0.4, -0.2) is 28.0 Å². The van der Waals surface area contributed by atoms with E-state index in [1.54, 1.807) is 0 Å². The fourth-order valence-corrected chi connectivity index (χ4v) is 2.03. The number of hydrogen-bond acceptors (Lipinski definition) is 5. The Morgan fingerprint density at radius 1 is 1.40 bits per heavy atom. The summed E-state index contributed by atoms with van der Waals surface area (Å²) in [6, 6.07) is 0. The quantitative estimate of drug-likeness (QED) is 0.784. The van der Waals surface area contributed by atoms with Crippen LogP contribution in [0.3, 0.4) is 0 Å². The minimum absolute atomic E-state index is 0.163. The highest BCUT2D eigenvalue weighted by Crippen LogP contribution is 2.20. The first-order valence-electron chi connectivity index (χ1n) is 5.07. The number of anilines is 2. The summed E-state index contributed by atoms with van der Waals surface area (Å²) in [4.78, 5) is 14.0. The van der Waals surface area contributed by atoms with E-state index in [1.165, 1.54) is 6.42 Å². The second kappa shape index (κ2) is 4.18. The van der Waals surface area contributed by atoms with Crippen molar-refractivity contribution in [2.45, 2.75) is 19.8 Å². The van der Waals surface area contributed by atoms with E-state index in [9.17, 15) is 0 Å². The summed E-state index contributed by atoms with van der Waals surface area (Å²) in [5.74, 6) is 1.44. The van der Waals surface area contributed by atoms with Crippen LogP contribution in [0, 0.1) is 5.92 Å². The van der Waals surface area contributed by atoms with E-state index in [0.29, 0.717) is 11.9 Å². The number of rotatable bonds is 1. The van der Waals surface area contributed by atoms with Gasteiger partial charge >= 0.3 is 0 Å². The minimum atomic E-state index is 0.163. The van der Waals surface area contributed by atoms with Crippen LogP contribution in [0.2, 0.25) is 5.28 Å². The molecule has 6 heteroatoms. The van der Waals surface area contributed by atoms with Gasteiger partial charge in [0, 0.05) is 13.1 Å². The van der Waals surface area contributed by atoms with E-state index in [4.69, 9.17) is 17.3 Å². The summed E-state index contributed by atoms with van der Waals surface area (Å²) in [5, 5.41) is 0.163. The second-order valence-corrected chi connectivity index (χ2v) is 4.29. The fraction of sp³-hybridized carbons (Fsp3) is 0.667. The third-order valence-corrected chi connectivity index (χ3v) is 2.72. The first-order chi connectivity index (χ1) is 7.15. The summed E-state index contributed by atoms with van der Waals surface area (Å²) >= 11 is 5.74. The number of aromatic nitrogens is 3. The molecule has 1 aromatic heterocycles. The van der Waals surface area contributed by atoms with Crippen LogP contribution in [0.4, 0.5) is 11.9 Å². The number of nitrogens with two attached hydrogens (primary N) is 1. The molecule has 1 saturated heterocycles. The molecule has 1 aromatic rings. The number of hydrogen-bond donors (Lipinski definition) is 1. The second-order valence-electron chi connectivity index (χ2n) is 3.96. The van der Waals surface area contributed by atoms with E-state index in [2.05, 4.69) is 26.8 Å². The molecule has 1 aliphatic rings. The van der Waals surface area contributed by atoms with Gasteiger partial charge in [0.1, 0.15) is 0 Å². The van der Waals surface area contributed by atoms with Gasteiger partial charge in [-0.15, -0.1) is 0 Å². The molecule has 0 amide bonds. The van der Waals surface area contributed by atoms with Gasteiger partial charge in [-0.25, -0.2) is 0 Å². The first kappa shape index (κ1) is 10.4. The monoisotopic (exact) mass is 227 g/mol. The lowest BCUT2D eigenvalue weighted by Crippen LogP contribution is -2.35. The van der Waals surface area contributed by atoms with Crippen molar-refractivity contribution in [2.24, 2.45) is 5.92 Å². The summed E-state index contributed by atoms with van der Waals surface area (Å²) in [7, 11) is 0. The largest absolute Gasteiger partial charge is 0.368 e. The van der Waals surface area contributed by atoms with Crippen LogP contribution in [0.15, 0.2) is 0 Å². The molecule has 0 saturated carbocycles. The molecule has 0 radical (unpaired) electrons. The molecule has 0 unspecified atom stereocenters. The Balaban J connectivity index is 2.20. The molecule has 1 atom stereocenters. The first-order valence-corrected chi connectivity index (χ1v) is 5.45. The maximum Gasteiger partial charge on any atom is 0.231 e. The normalized spacial score (nSPS) is 21.7. The average molecular weight is 228 g/mol. The van der Waals surface area contributed by atoms with E-state index in [-0.39, 0.29) is 11.2 Å². The third-order valence-electron chi connectivity index (χ3n) is 2.55. The molecular formula is C9H14ClN5. The average Bonchev–Trinajstić information content (AvgIpc) is 2.16. The summed E-state index contributed by atoms with van der Waals surface area (Å²) in [6.45, 7) is 4.14. The van der Waals surface area contributed by atoms with Crippen molar-refractivity contribution >= 4 is 23.5 Å². The van der Waals surface area contributed by atoms with Gasteiger partial charge in [-0.1, -0.05) is 6.92 Å². The van der Waals surface area contributed by atoms with Gasteiger partial charge in [0.15, 0.2) is 0 Å². The Kier molecular flexibility index (Phi) is 2.90. The SMILES string of the molecule is C[C@@H]1CCCN(c2nc(N)nc(Cl)n2)C1. The van der Waals surface area contributed by atoms with E-state index >= 15 is 0 Å². The Labute approximate surface area is 93.7 Å². The molecular weight excluding hydrogens is 214 g/mol. The number of halogens is 1. The minimum Gasteiger partial charge on any atom is -0.368 e. The predicted molar refractivity (Wildman–Crippen MR) is 59.9 cm³/mol. The zero-order chi connectivity index (χ0) is 10.8. The standard InChI is InChI=1S/C9H14ClN5/c1-6-3-2-4-15(5-6)9-13-7(10)12-8(11)14-9/h6H,2-5H2,1H3,(H2,11,12,13,14)/t6-/m1/s1. The molecule has 5 nitrogen and oxygen atoms in total. The molecule has 2 heterocycles. The Hall–Kier alpha value is -1.10. The van der Waals surface area contributed by atoms with Crippen molar-refractivity contribution in [3.63, 3.8) is 0 Å². The van der Waals surface area contributed by atoms with Crippen molar-refractivity contribution in [1.82, 2.24) is 15.0 Å². The highest BCUT2D eigenvalue weighted by molar-refractivity contribution is 6.28. The van der Waals surface area contributed by atoms with Gasteiger partial charge in [0.2, 0.25) is 17.2 Å². The van der Waals surface area contributed by atoms with E-state index in [1.807, 2.05) is 0 Å². The van der Waals surface area contributed by atoms with Crippen LogP contribution >= 0.6 is 11.6 Å². The van der Waals surface area contributed by atoms with Gasteiger partial charge in [-0.3, -0.25) is 0 Å². The molecule has 0 spiro atoms. The number of piperidine rings is 1. The van der Waals surface area contributed by atoms with Crippen LogP contribution in [-0.2, 0) is 0 Å². The van der Waals surface area contributed by atoms with Crippen molar-refractivity contribution in [3.8, 4) is 0 Å². The van der Waals surface area contributed by atoms with Gasteiger partial charge in [0.25, 0.3) is 0 Å². The Bertz CT molecular complexity index is 336. The lowest BCUT2D eigenvalue weighted by molar-refractivity contribution is 0.442. The van der Waals surface area contributed by atoms with Gasteiger partial charge in [-0.05, 0) is 30.4 Å². The maximum atomic E-state index is 5.74. The number of nitrogen functional groups attached to an aromatic ring is 1. The molecule has 1 aliphatic heterocycles. The zero-order valence-electron chi connectivity index (χ0n) is 8.65. The predicted octanol–water partition coefficient (Wildman–Crippen LogP) is 1.34. The molecule has 0 aromatic carbocycles. The smallest absolute Gasteiger partial charge is 0.231 e. The van der Waals surface area contributed by atoms with E-state index < -0.39 is 0 Å². The van der Waals surface area contributed by atoms with Gasteiger partial charge in [-0.2, -0.15) is 15.0 Å². The molecule has 15 heavy (non-hydrogen) atoms. The molecule has 2 rings (SSSR count). The number of nitrogens with zero attached hydrogens (tertiary/aromatic N) is 4. The van der Waals surface area contributed by atoms with Crippen LogP contribution in [0.25, 0.3) is 0 Å². The lowest BCUT2D eigenvalue weighted by Gasteiger charge is -2.30. The Morgan fingerprint density at radius 2 is 2.20 bits per heavy atom. The van der Waals surface area contributed by atoms with Crippen LogP contribution in [0.1, 0.15) is 19.8 Å². The lowest BCUT2D eigenvalue weighted by atomic mass is 10.0. The maximum absolute atomic E-state index is 5.74. The fourth-order valence-electron chi connectivity index (χ4n) is 1.87. The zero-order valence-corrected chi connectivity index (χ0v) is 9.41. The van der Waals surface area contributed by atoms with Crippen molar-refractivity contribution in [2.75, 3.05) is 23.7 Å². The molecule has 1 fully saturated rings. The van der Waals surface area contributed by atoms with Gasteiger partial charge in [0.05, 0.1) is 0 Å². The van der Waals surface area contributed by atoms with Crippen molar-refractivity contribution < 1.29 is 0 Å². The highest BCUT2D eigenvalue weighted by Gasteiger charge is 2.19. The molecule has 82 valence electrons. The molecule has 2 N–H and O–H groups in total. The summed E-state index contributed by atoms with van der Waals surface area (Å²) in [6.07, 6.45) is 2.41. The highest BCUT2D eigenvalue weighted by atomic mass is 35.5. The molecule has 0 bridgehead atoms. The van der Waals surface area contributed by atoms with Gasteiger partial charge < -0.3 is 10.6 Å². The third kappa shape index (κ3) is 2.47. The van der Waals surface area contributed by atoms with Crippen molar-refractivity contribution in [3.05, 3.63) is 5.28 Å². The van der Waals surface area contributed by atoms with Crippen molar-refractivity contribution in [1.29, 1.82) is 0 Å². The van der Waals surface area contributed by atoms with E-state index in [0.717, 1.165) is 19.5 Å². The topological polar surface area (TPSA) is 67.9 Å².